The molecule has 0 saturated heterocycles. The number of hydrogen-bond acceptors (Lipinski definition) is 5. The van der Waals surface area contributed by atoms with E-state index >= 15 is 0 Å². The first kappa shape index (κ1) is 14.5. The van der Waals surface area contributed by atoms with Crippen molar-refractivity contribution in [2.24, 2.45) is 0 Å². The third-order valence-corrected chi connectivity index (χ3v) is 3.89. The van der Waals surface area contributed by atoms with Crippen molar-refractivity contribution in [2.45, 2.75) is 6.54 Å². The number of halogens is 1. The van der Waals surface area contributed by atoms with Crippen LogP contribution in [0.3, 0.4) is 0 Å². The SMILES string of the molecule is O=C(O)Oc1nc2n(n1)-c1ccc(Cl)cc1N(c1ccccc1)C2. The summed E-state index contributed by atoms with van der Waals surface area (Å²) in [4.78, 5) is 16.9. The van der Waals surface area contributed by atoms with Crippen molar-refractivity contribution in [2.75, 3.05) is 4.90 Å². The van der Waals surface area contributed by atoms with Gasteiger partial charge in [-0.2, -0.15) is 4.98 Å². The average molecular weight is 343 g/mol. The van der Waals surface area contributed by atoms with Gasteiger partial charge >= 0.3 is 12.2 Å². The molecule has 0 aliphatic carbocycles. The molecular weight excluding hydrogens is 332 g/mol. The second-order valence-electron chi connectivity index (χ2n) is 5.15. The Morgan fingerprint density at radius 3 is 2.71 bits per heavy atom. The fourth-order valence-corrected chi connectivity index (χ4v) is 2.86. The largest absolute Gasteiger partial charge is 0.513 e. The second-order valence-corrected chi connectivity index (χ2v) is 5.58. The van der Waals surface area contributed by atoms with E-state index in [0.717, 1.165) is 17.1 Å². The van der Waals surface area contributed by atoms with Crippen molar-refractivity contribution in [3.63, 3.8) is 0 Å². The van der Waals surface area contributed by atoms with E-state index < -0.39 is 6.16 Å². The number of fused-ring (bicyclic) bond motifs is 3. The van der Waals surface area contributed by atoms with Crippen LogP contribution in [0, 0.1) is 0 Å². The molecule has 0 radical (unpaired) electrons. The molecule has 1 aliphatic rings. The standard InChI is InChI=1S/C16H11ClN4O3/c17-10-6-7-12-13(8-10)20(11-4-2-1-3-5-11)9-14-18-15(19-21(12)14)24-16(22)23/h1-8H,9H2,(H,22,23). The van der Waals surface area contributed by atoms with Gasteiger partial charge in [0.05, 0.1) is 17.9 Å². The van der Waals surface area contributed by atoms with Crippen LogP contribution in [0.2, 0.25) is 5.02 Å². The highest BCUT2D eigenvalue weighted by molar-refractivity contribution is 6.31. The highest BCUT2D eigenvalue weighted by Gasteiger charge is 2.27. The van der Waals surface area contributed by atoms with Crippen molar-refractivity contribution in [1.82, 2.24) is 14.8 Å². The zero-order valence-corrected chi connectivity index (χ0v) is 13.0. The number of benzene rings is 2. The molecule has 7 nitrogen and oxygen atoms in total. The summed E-state index contributed by atoms with van der Waals surface area (Å²) in [5, 5.41) is 13.5. The van der Waals surface area contributed by atoms with Crippen LogP contribution in [0.4, 0.5) is 16.2 Å². The van der Waals surface area contributed by atoms with Crippen LogP contribution in [0.5, 0.6) is 6.01 Å². The molecule has 8 heteroatoms. The van der Waals surface area contributed by atoms with E-state index in [4.69, 9.17) is 16.7 Å². The maximum absolute atomic E-state index is 10.7. The van der Waals surface area contributed by atoms with Crippen molar-refractivity contribution in [1.29, 1.82) is 0 Å². The third-order valence-electron chi connectivity index (χ3n) is 3.66. The Bertz CT molecular complexity index is 926. The minimum Gasteiger partial charge on any atom is -0.449 e. The molecule has 24 heavy (non-hydrogen) atoms. The summed E-state index contributed by atoms with van der Waals surface area (Å²) >= 11 is 6.16. The number of hydrogen-bond donors (Lipinski definition) is 1. The smallest absolute Gasteiger partial charge is 0.449 e. The Morgan fingerprint density at radius 2 is 1.96 bits per heavy atom. The van der Waals surface area contributed by atoms with Crippen molar-refractivity contribution in [3.8, 4) is 11.7 Å². The van der Waals surface area contributed by atoms with E-state index in [1.165, 1.54) is 0 Å². The van der Waals surface area contributed by atoms with Crippen LogP contribution in [0.25, 0.3) is 5.69 Å². The van der Waals surface area contributed by atoms with Crippen molar-refractivity contribution < 1.29 is 14.6 Å². The Kier molecular flexibility index (Phi) is 3.35. The highest BCUT2D eigenvalue weighted by atomic mass is 35.5. The molecule has 2 heterocycles. The predicted molar refractivity (Wildman–Crippen MR) is 87.3 cm³/mol. The lowest BCUT2D eigenvalue weighted by Crippen LogP contribution is -2.26. The summed E-state index contributed by atoms with van der Waals surface area (Å²) in [5.74, 6) is 0.574. The molecule has 120 valence electrons. The number of ether oxygens (including phenoxy) is 1. The molecule has 2 aromatic carbocycles. The number of anilines is 2. The Morgan fingerprint density at radius 1 is 1.17 bits per heavy atom. The summed E-state index contributed by atoms with van der Waals surface area (Å²) < 4.78 is 6.15. The van der Waals surface area contributed by atoms with Gasteiger partial charge in [-0.15, -0.1) is 5.10 Å². The molecule has 4 rings (SSSR count). The van der Waals surface area contributed by atoms with Gasteiger partial charge in [0.1, 0.15) is 0 Å². The number of rotatable bonds is 2. The first-order valence-electron chi connectivity index (χ1n) is 7.11. The molecule has 0 spiro atoms. The quantitative estimate of drug-likeness (QED) is 0.716. The summed E-state index contributed by atoms with van der Waals surface area (Å²) in [5.41, 5.74) is 2.57. The lowest BCUT2D eigenvalue weighted by atomic mass is 10.1. The molecule has 0 unspecified atom stereocenters. The summed E-state index contributed by atoms with van der Waals surface area (Å²) in [7, 11) is 0. The van der Waals surface area contributed by atoms with Gasteiger partial charge in [0.2, 0.25) is 0 Å². The molecular formula is C16H11ClN4O3. The summed E-state index contributed by atoms with van der Waals surface area (Å²) in [6.07, 6.45) is -1.45. The average Bonchev–Trinajstić information content (AvgIpc) is 2.96. The van der Waals surface area contributed by atoms with E-state index in [1.54, 1.807) is 10.7 Å². The van der Waals surface area contributed by atoms with Gasteiger partial charge in [-0.3, -0.25) is 0 Å². The van der Waals surface area contributed by atoms with Crippen LogP contribution in [0.15, 0.2) is 48.5 Å². The first-order chi connectivity index (χ1) is 11.6. The Hall–Kier alpha value is -3.06. The summed E-state index contributed by atoms with van der Waals surface area (Å²) in [6.45, 7) is 0.410. The highest BCUT2D eigenvalue weighted by Crippen LogP contribution is 2.38. The lowest BCUT2D eigenvalue weighted by Gasteiger charge is -2.30. The van der Waals surface area contributed by atoms with Crippen LogP contribution >= 0.6 is 11.6 Å². The van der Waals surface area contributed by atoms with E-state index in [2.05, 4.69) is 14.8 Å². The van der Waals surface area contributed by atoms with E-state index in [-0.39, 0.29) is 6.01 Å². The van der Waals surface area contributed by atoms with Crippen LogP contribution in [0.1, 0.15) is 5.82 Å². The van der Waals surface area contributed by atoms with Crippen LogP contribution in [-0.2, 0) is 6.54 Å². The molecule has 0 fully saturated rings. The fraction of sp³-hybridized carbons (Fsp3) is 0.0625. The molecule has 0 saturated carbocycles. The van der Waals surface area contributed by atoms with Gasteiger partial charge in [-0.25, -0.2) is 9.48 Å². The van der Waals surface area contributed by atoms with Crippen LogP contribution < -0.4 is 9.64 Å². The molecule has 1 aliphatic heterocycles. The monoisotopic (exact) mass is 342 g/mol. The normalized spacial score (nSPS) is 12.5. The molecule has 0 amide bonds. The first-order valence-corrected chi connectivity index (χ1v) is 7.49. The molecule has 1 aromatic heterocycles. The third kappa shape index (κ3) is 2.44. The van der Waals surface area contributed by atoms with Gasteiger partial charge in [0.15, 0.2) is 5.82 Å². The predicted octanol–water partition coefficient (Wildman–Crippen LogP) is 3.63. The number of nitrogens with zero attached hydrogens (tertiary/aromatic N) is 4. The number of para-hydroxylation sites is 1. The van der Waals surface area contributed by atoms with Gasteiger partial charge < -0.3 is 14.7 Å². The number of carbonyl (C=O) groups is 1. The number of aromatic nitrogens is 3. The minimum atomic E-state index is -1.45. The van der Waals surface area contributed by atoms with E-state index in [0.29, 0.717) is 17.4 Å². The maximum Gasteiger partial charge on any atom is 0.513 e. The van der Waals surface area contributed by atoms with Gasteiger partial charge in [0, 0.05) is 10.7 Å². The van der Waals surface area contributed by atoms with Crippen LogP contribution in [-0.4, -0.2) is 26.0 Å². The topological polar surface area (TPSA) is 80.5 Å². The van der Waals surface area contributed by atoms with Crippen molar-refractivity contribution >= 4 is 29.1 Å². The second kappa shape index (κ2) is 5.54. The molecule has 0 atom stereocenters. The zero-order valence-electron chi connectivity index (χ0n) is 12.3. The lowest BCUT2D eigenvalue weighted by molar-refractivity contribution is 0.140. The number of carboxylic acid groups (broad SMARTS) is 1. The van der Waals surface area contributed by atoms with Crippen molar-refractivity contribution in [3.05, 3.63) is 59.4 Å². The van der Waals surface area contributed by atoms with Gasteiger partial charge in [-0.1, -0.05) is 29.8 Å². The maximum atomic E-state index is 10.7. The van der Waals surface area contributed by atoms with Gasteiger partial charge in [0.25, 0.3) is 0 Å². The minimum absolute atomic E-state index is 0.201. The van der Waals surface area contributed by atoms with Gasteiger partial charge in [-0.05, 0) is 30.3 Å². The molecule has 3 aromatic rings. The Labute approximate surface area is 141 Å². The molecule has 0 bridgehead atoms. The van der Waals surface area contributed by atoms with E-state index in [1.807, 2.05) is 47.4 Å². The zero-order chi connectivity index (χ0) is 16.7. The fourth-order valence-electron chi connectivity index (χ4n) is 2.70. The Balaban J connectivity index is 1.86. The molecule has 1 N–H and O–H groups in total. The summed E-state index contributed by atoms with van der Waals surface area (Å²) in [6, 6.07) is 15.0. The van der Waals surface area contributed by atoms with E-state index in [9.17, 15) is 4.79 Å².